The van der Waals surface area contributed by atoms with Gasteiger partial charge in [-0.3, -0.25) is 4.57 Å². The van der Waals surface area contributed by atoms with E-state index in [9.17, 15) is 0 Å². The van der Waals surface area contributed by atoms with E-state index < -0.39 is 0 Å². The summed E-state index contributed by atoms with van der Waals surface area (Å²) in [5.41, 5.74) is 9.28. The molecular weight excluding hydrogens is 521 g/mol. The second-order valence-corrected chi connectivity index (χ2v) is 11.6. The first-order valence-electron chi connectivity index (χ1n) is 14.8. The Morgan fingerprint density at radius 1 is 0.535 bits per heavy atom. The Hall–Kier alpha value is -5.48. The molecule has 9 aromatic rings. The predicted molar refractivity (Wildman–Crippen MR) is 182 cm³/mol. The van der Waals surface area contributed by atoms with E-state index >= 15 is 0 Å². The van der Waals surface area contributed by atoms with E-state index in [1.54, 1.807) is 0 Å². The average Bonchev–Trinajstić information content (AvgIpc) is 3.61. The molecule has 2 aromatic heterocycles. The van der Waals surface area contributed by atoms with Crippen molar-refractivity contribution in [2.75, 3.05) is 0 Å². The zero-order chi connectivity index (χ0) is 28.2. The van der Waals surface area contributed by atoms with Crippen molar-refractivity contribution in [3.05, 3.63) is 127 Å². The molecule has 3 nitrogen and oxygen atoms in total. The van der Waals surface area contributed by atoms with Gasteiger partial charge < -0.3 is 0 Å². The number of rotatable bonds is 1. The van der Waals surface area contributed by atoms with Crippen LogP contribution in [0.2, 0.25) is 0 Å². The highest BCUT2D eigenvalue weighted by Crippen LogP contribution is 2.43. The van der Waals surface area contributed by atoms with Gasteiger partial charge in [-0.05, 0) is 45.5 Å². The third-order valence-electron chi connectivity index (χ3n) is 9.34. The minimum absolute atomic E-state index is 0.707. The lowest BCUT2D eigenvalue weighted by atomic mass is 9.66. The van der Waals surface area contributed by atoms with Crippen molar-refractivity contribution in [1.29, 1.82) is 0 Å². The lowest BCUT2D eigenvalue weighted by molar-refractivity contribution is 0.992. The van der Waals surface area contributed by atoms with E-state index in [0.29, 0.717) is 5.95 Å². The van der Waals surface area contributed by atoms with Crippen molar-refractivity contribution in [3.8, 4) is 17.1 Å². The molecular formula is C39H23BN3. The molecule has 0 saturated heterocycles. The van der Waals surface area contributed by atoms with Gasteiger partial charge in [-0.2, -0.15) is 0 Å². The van der Waals surface area contributed by atoms with Gasteiger partial charge in [0, 0.05) is 27.1 Å². The van der Waals surface area contributed by atoms with Crippen molar-refractivity contribution in [1.82, 2.24) is 14.5 Å². The highest BCUT2D eigenvalue weighted by molar-refractivity contribution is 6.77. The maximum Gasteiger partial charge on any atom is 0.235 e. The molecule has 1 radical (unpaired) electrons. The Kier molecular flexibility index (Phi) is 4.46. The second-order valence-electron chi connectivity index (χ2n) is 11.6. The van der Waals surface area contributed by atoms with Gasteiger partial charge in [-0.25, -0.2) is 9.97 Å². The van der Waals surface area contributed by atoms with E-state index in [-0.39, 0.29) is 0 Å². The lowest BCUT2D eigenvalue weighted by Gasteiger charge is -2.16. The molecule has 0 aliphatic carbocycles. The van der Waals surface area contributed by atoms with Crippen molar-refractivity contribution in [2.24, 2.45) is 0 Å². The highest BCUT2D eigenvalue weighted by atomic mass is 15.2. The molecule has 0 unspecified atom stereocenters. The molecule has 43 heavy (non-hydrogen) atoms. The van der Waals surface area contributed by atoms with Gasteiger partial charge >= 0.3 is 0 Å². The summed E-state index contributed by atoms with van der Waals surface area (Å²) >= 11 is 0. The average molecular weight is 544 g/mol. The Morgan fingerprint density at radius 2 is 1.12 bits per heavy atom. The van der Waals surface area contributed by atoms with E-state index in [4.69, 9.17) is 9.97 Å². The fraction of sp³-hybridized carbons (Fsp3) is 0.0256. The maximum absolute atomic E-state index is 5.46. The van der Waals surface area contributed by atoms with Crippen LogP contribution in [0, 0.1) is 6.92 Å². The molecule has 4 heteroatoms. The van der Waals surface area contributed by atoms with Crippen LogP contribution in [0.15, 0.2) is 121 Å². The maximum atomic E-state index is 5.46. The lowest BCUT2D eigenvalue weighted by Crippen LogP contribution is -2.21. The van der Waals surface area contributed by atoms with E-state index in [0.717, 1.165) is 27.5 Å². The topological polar surface area (TPSA) is 30.7 Å². The van der Waals surface area contributed by atoms with E-state index in [1.165, 1.54) is 65.3 Å². The van der Waals surface area contributed by atoms with Gasteiger partial charge in [0.25, 0.3) is 0 Å². The van der Waals surface area contributed by atoms with E-state index in [2.05, 4.69) is 140 Å². The first-order valence-corrected chi connectivity index (χ1v) is 14.8. The largest absolute Gasteiger partial charge is 0.277 e. The standard InChI is InChI=1S/C39H23BN3/c1-22-33-25-14-4-2-12-23(25)24-13-3-7-17-28(24)37(33)42-39(41-22)43-32-21-11-9-19-30(32)34-26-15-5-6-16-27(26)36-35(38(34)43)29-18-8-10-20-31(29)40-36/h2-21H,1H3. The van der Waals surface area contributed by atoms with Crippen LogP contribution >= 0.6 is 0 Å². The van der Waals surface area contributed by atoms with Crippen LogP contribution in [0.3, 0.4) is 0 Å². The third kappa shape index (κ3) is 2.95. The Morgan fingerprint density at radius 3 is 1.91 bits per heavy atom. The number of para-hydroxylation sites is 1. The minimum Gasteiger partial charge on any atom is -0.277 e. The van der Waals surface area contributed by atoms with Crippen molar-refractivity contribution in [2.45, 2.75) is 6.92 Å². The van der Waals surface area contributed by atoms with Crippen LogP contribution in [-0.4, -0.2) is 21.8 Å². The Balaban J connectivity index is 1.44. The highest BCUT2D eigenvalue weighted by Gasteiger charge is 2.29. The zero-order valence-corrected chi connectivity index (χ0v) is 23.5. The number of nitrogens with zero attached hydrogens (tertiary/aromatic N) is 3. The van der Waals surface area contributed by atoms with Gasteiger partial charge in [0.1, 0.15) is 0 Å². The molecule has 197 valence electrons. The van der Waals surface area contributed by atoms with Crippen LogP contribution < -0.4 is 10.9 Å². The molecule has 0 spiro atoms. The number of aryl methyl sites for hydroxylation is 1. The zero-order valence-electron chi connectivity index (χ0n) is 23.5. The van der Waals surface area contributed by atoms with Crippen LogP contribution in [0.4, 0.5) is 0 Å². The number of hydrogen-bond donors (Lipinski definition) is 0. The molecule has 3 heterocycles. The van der Waals surface area contributed by atoms with E-state index in [1.807, 2.05) is 0 Å². The van der Waals surface area contributed by atoms with Crippen LogP contribution in [0.5, 0.6) is 0 Å². The molecule has 0 saturated carbocycles. The smallest absolute Gasteiger partial charge is 0.235 e. The van der Waals surface area contributed by atoms with Gasteiger partial charge in [0.2, 0.25) is 5.95 Å². The third-order valence-corrected chi connectivity index (χ3v) is 9.34. The van der Waals surface area contributed by atoms with Crippen molar-refractivity contribution >= 4 is 83.2 Å². The fourth-order valence-electron chi connectivity index (χ4n) is 7.62. The number of benzene rings is 7. The minimum atomic E-state index is 0.707. The molecule has 7 aromatic carbocycles. The summed E-state index contributed by atoms with van der Waals surface area (Å²) in [4.78, 5) is 10.8. The van der Waals surface area contributed by atoms with Gasteiger partial charge in [-0.1, -0.05) is 126 Å². The SMILES string of the molecule is Cc1nc(-n2c3ccccc3c3c4ccccc4c4c(c32)-c2ccccc2[B]4)nc2c3ccccc3c3ccccc3c12. The summed E-state index contributed by atoms with van der Waals surface area (Å²) in [7, 11) is 2.35. The normalized spacial score (nSPS) is 12.5. The predicted octanol–water partition coefficient (Wildman–Crippen LogP) is 8.13. The Labute approximate surface area is 248 Å². The van der Waals surface area contributed by atoms with Gasteiger partial charge in [0.05, 0.1) is 22.2 Å². The second kappa shape index (κ2) is 8.30. The number of fused-ring (bicyclic) bond motifs is 16. The Bertz CT molecular complexity index is 2670. The molecule has 1 aliphatic heterocycles. The van der Waals surface area contributed by atoms with Crippen LogP contribution in [0.25, 0.3) is 82.1 Å². The number of hydrogen-bond acceptors (Lipinski definition) is 2. The van der Waals surface area contributed by atoms with Gasteiger partial charge in [0.15, 0.2) is 7.28 Å². The fourth-order valence-corrected chi connectivity index (χ4v) is 7.62. The first kappa shape index (κ1) is 23.1. The monoisotopic (exact) mass is 544 g/mol. The molecule has 0 amide bonds. The summed E-state index contributed by atoms with van der Waals surface area (Å²) in [6.07, 6.45) is 0. The molecule has 10 rings (SSSR count). The van der Waals surface area contributed by atoms with Crippen LogP contribution in [0.1, 0.15) is 5.69 Å². The summed E-state index contributed by atoms with van der Waals surface area (Å²) in [6, 6.07) is 43.5. The van der Waals surface area contributed by atoms with Crippen LogP contribution in [-0.2, 0) is 0 Å². The molecule has 0 bridgehead atoms. The van der Waals surface area contributed by atoms with Crippen molar-refractivity contribution < 1.29 is 0 Å². The van der Waals surface area contributed by atoms with Gasteiger partial charge in [-0.15, -0.1) is 0 Å². The summed E-state index contributed by atoms with van der Waals surface area (Å²) in [5, 5.41) is 10.9. The molecule has 0 N–H and O–H groups in total. The van der Waals surface area contributed by atoms with Crippen molar-refractivity contribution in [3.63, 3.8) is 0 Å². The number of aromatic nitrogens is 3. The summed E-state index contributed by atoms with van der Waals surface area (Å²) < 4.78 is 2.32. The quantitative estimate of drug-likeness (QED) is 0.154. The molecule has 0 atom stereocenters. The summed E-state index contributed by atoms with van der Waals surface area (Å²) in [5.74, 6) is 0.707. The first-order chi connectivity index (χ1) is 21.3. The molecule has 0 fully saturated rings. The summed E-state index contributed by atoms with van der Waals surface area (Å²) in [6.45, 7) is 2.13. The molecule has 1 aliphatic rings.